The molecule has 0 amide bonds. The second kappa shape index (κ2) is 7.61. The van der Waals surface area contributed by atoms with E-state index in [0.29, 0.717) is 24.5 Å². The maximum Gasteiger partial charge on any atom is 0.0471 e. The summed E-state index contributed by atoms with van der Waals surface area (Å²) in [4.78, 5) is 2.56. The zero-order chi connectivity index (χ0) is 13.7. The van der Waals surface area contributed by atoms with Gasteiger partial charge in [-0.3, -0.25) is 0 Å². The second-order valence-corrected chi connectivity index (χ2v) is 6.84. The molecule has 112 valence electrons. The first-order valence-electron chi connectivity index (χ1n) is 8.31. The minimum atomic E-state index is 0.353. The molecule has 0 radical (unpaired) electrons. The third kappa shape index (κ3) is 4.44. The molecule has 3 heteroatoms. The number of nitrogens with zero attached hydrogens (tertiary/aromatic N) is 1. The summed E-state index contributed by atoms with van der Waals surface area (Å²) in [5.41, 5.74) is 6.35. The molecular formula is C16H32N2O. The Hall–Kier alpha value is -0.120. The van der Waals surface area contributed by atoms with Crippen LogP contribution in [0.3, 0.4) is 0 Å². The second-order valence-electron chi connectivity index (χ2n) is 6.84. The zero-order valence-electron chi connectivity index (χ0n) is 12.6. The fraction of sp³-hybridized carbons (Fsp3) is 1.00. The van der Waals surface area contributed by atoms with Gasteiger partial charge in [-0.15, -0.1) is 0 Å². The van der Waals surface area contributed by atoms with Crippen molar-refractivity contribution in [1.82, 2.24) is 4.90 Å². The maximum atomic E-state index is 9.33. The molecule has 0 aromatic carbocycles. The molecule has 4 unspecified atom stereocenters. The SMILES string of the molecule is CCCC1CCC(N)C(CN2CCCC(CO)C2)C1. The first kappa shape index (κ1) is 15.3. The minimum Gasteiger partial charge on any atom is -0.396 e. The first-order chi connectivity index (χ1) is 9.22. The fourth-order valence-electron chi connectivity index (χ4n) is 4.06. The first-order valence-corrected chi connectivity index (χ1v) is 8.31. The summed E-state index contributed by atoms with van der Waals surface area (Å²) in [6.45, 7) is 6.10. The fourth-order valence-corrected chi connectivity index (χ4v) is 4.06. The van der Waals surface area contributed by atoms with Gasteiger partial charge in [0.2, 0.25) is 0 Å². The van der Waals surface area contributed by atoms with Crippen molar-refractivity contribution in [3.63, 3.8) is 0 Å². The summed E-state index contributed by atoms with van der Waals surface area (Å²) in [6.07, 6.45) is 9.01. The van der Waals surface area contributed by atoms with Crippen LogP contribution in [0.2, 0.25) is 0 Å². The number of aliphatic hydroxyl groups excluding tert-OH is 1. The Morgan fingerprint density at radius 1 is 1.21 bits per heavy atom. The van der Waals surface area contributed by atoms with Gasteiger partial charge < -0.3 is 15.7 Å². The van der Waals surface area contributed by atoms with Gasteiger partial charge in [0.1, 0.15) is 0 Å². The summed E-state index contributed by atoms with van der Waals surface area (Å²) in [5, 5.41) is 9.33. The molecule has 1 saturated heterocycles. The summed E-state index contributed by atoms with van der Waals surface area (Å²) in [5.74, 6) is 2.09. The molecule has 4 atom stereocenters. The van der Waals surface area contributed by atoms with Crippen molar-refractivity contribution in [2.45, 2.75) is 57.9 Å². The molecule has 0 bridgehead atoms. The highest BCUT2D eigenvalue weighted by molar-refractivity contribution is 4.85. The molecule has 3 N–H and O–H groups in total. The maximum absolute atomic E-state index is 9.33. The van der Waals surface area contributed by atoms with Crippen molar-refractivity contribution in [3.8, 4) is 0 Å². The average molecular weight is 268 g/mol. The summed E-state index contributed by atoms with van der Waals surface area (Å²) < 4.78 is 0. The van der Waals surface area contributed by atoms with Crippen molar-refractivity contribution in [2.24, 2.45) is 23.5 Å². The van der Waals surface area contributed by atoms with E-state index >= 15 is 0 Å². The number of rotatable bonds is 5. The molecule has 2 fully saturated rings. The molecule has 1 saturated carbocycles. The number of hydrogen-bond donors (Lipinski definition) is 2. The van der Waals surface area contributed by atoms with Gasteiger partial charge in [-0.1, -0.05) is 19.8 Å². The van der Waals surface area contributed by atoms with Gasteiger partial charge in [-0.05, 0) is 56.4 Å². The third-order valence-corrected chi connectivity index (χ3v) is 5.20. The lowest BCUT2D eigenvalue weighted by Crippen LogP contribution is -2.46. The highest BCUT2D eigenvalue weighted by Crippen LogP contribution is 2.32. The van der Waals surface area contributed by atoms with Crippen LogP contribution in [0.4, 0.5) is 0 Å². The Balaban J connectivity index is 1.82. The van der Waals surface area contributed by atoms with Gasteiger partial charge in [0.05, 0.1) is 0 Å². The van der Waals surface area contributed by atoms with E-state index in [0.717, 1.165) is 19.0 Å². The lowest BCUT2D eigenvalue weighted by molar-refractivity contribution is 0.0877. The van der Waals surface area contributed by atoms with Crippen LogP contribution in [-0.2, 0) is 0 Å². The van der Waals surface area contributed by atoms with Crippen molar-refractivity contribution < 1.29 is 5.11 Å². The quantitative estimate of drug-likeness (QED) is 0.804. The highest BCUT2D eigenvalue weighted by Gasteiger charge is 2.30. The van der Waals surface area contributed by atoms with Crippen molar-refractivity contribution in [2.75, 3.05) is 26.2 Å². The van der Waals surface area contributed by atoms with Crippen LogP contribution in [0.15, 0.2) is 0 Å². The molecule has 2 rings (SSSR count). The zero-order valence-corrected chi connectivity index (χ0v) is 12.6. The smallest absolute Gasteiger partial charge is 0.0471 e. The summed E-state index contributed by atoms with van der Waals surface area (Å²) in [7, 11) is 0. The predicted octanol–water partition coefficient (Wildman–Crippen LogP) is 2.23. The number of aliphatic hydroxyl groups is 1. The molecular weight excluding hydrogens is 236 g/mol. The Morgan fingerprint density at radius 3 is 2.79 bits per heavy atom. The molecule has 1 heterocycles. The molecule has 3 nitrogen and oxygen atoms in total. The average Bonchev–Trinajstić information content (AvgIpc) is 2.43. The topological polar surface area (TPSA) is 49.5 Å². The lowest BCUT2D eigenvalue weighted by Gasteiger charge is -2.39. The largest absolute Gasteiger partial charge is 0.396 e. The summed E-state index contributed by atoms with van der Waals surface area (Å²) in [6, 6.07) is 0.405. The monoisotopic (exact) mass is 268 g/mol. The van der Waals surface area contributed by atoms with Crippen LogP contribution in [0.1, 0.15) is 51.9 Å². The van der Waals surface area contributed by atoms with Gasteiger partial charge in [-0.25, -0.2) is 0 Å². The Morgan fingerprint density at radius 2 is 2.05 bits per heavy atom. The molecule has 1 aliphatic carbocycles. The normalized spacial score (nSPS) is 37.4. The van der Waals surface area contributed by atoms with E-state index in [1.54, 1.807) is 0 Å². The van der Waals surface area contributed by atoms with Crippen LogP contribution in [0.5, 0.6) is 0 Å². The molecule has 0 spiro atoms. The van der Waals surface area contributed by atoms with Gasteiger partial charge in [0.25, 0.3) is 0 Å². The minimum absolute atomic E-state index is 0.353. The van der Waals surface area contributed by atoms with Crippen LogP contribution >= 0.6 is 0 Å². The van der Waals surface area contributed by atoms with Crippen LogP contribution in [-0.4, -0.2) is 42.3 Å². The van der Waals surface area contributed by atoms with E-state index < -0.39 is 0 Å². The highest BCUT2D eigenvalue weighted by atomic mass is 16.3. The van der Waals surface area contributed by atoms with Gasteiger partial charge in [-0.2, -0.15) is 0 Å². The number of hydrogen-bond acceptors (Lipinski definition) is 3. The molecule has 0 aromatic heterocycles. The molecule has 1 aliphatic heterocycles. The van der Waals surface area contributed by atoms with Crippen molar-refractivity contribution in [1.29, 1.82) is 0 Å². The van der Waals surface area contributed by atoms with Gasteiger partial charge in [0.15, 0.2) is 0 Å². The van der Waals surface area contributed by atoms with E-state index in [1.807, 2.05) is 0 Å². The van der Waals surface area contributed by atoms with Crippen molar-refractivity contribution >= 4 is 0 Å². The van der Waals surface area contributed by atoms with E-state index in [4.69, 9.17) is 5.73 Å². The third-order valence-electron chi connectivity index (χ3n) is 5.20. The Kier molecular flexibility index (Phi) is 6.11. The van der Waals surface area contributed by atoms with E-state index in [9.17, 15) is 5.11 Å². The number of likely N-dealkylation sites (tertiary alicyclic amines) is 1. The van der Waals surface area contributed by atoms with Crippen molar-refractivity contribution in [3.05, 3.63) is 0 Å². The predicted molar refractivity (Wildman–Crippen MR) is 80.0 cm³/mol. The molecule has 2 aliphatic rings. The van der Waals surface area contributed by atoms with Crippen LogP contribution < -0.4 is 5.73 Å². The molecule has 19 heavy (non-hydrogen) atoms. The van der Waals surface area contributed by atoms with Gasteiger partial charge in [0, 0.05) is 25.7 Å². The van der Waals surface area contributed by atoms with Crippen LogP contribution in [0.25, 0.3) is 0 Å². The van der Waals surface area contributed by atoms with Gasteiger partial charge >= 0.3 is 0 Å². The summed E-state index contributed by atoms with van der Waals surface area (Å²) >= 11 is 0. The van der Waals surface area contributed by atoms with Crippen LogP contribution in [0, 0.1) is 17.8 Å². The Labute approximate surface area is 118 Å². The Bertz CT molecular complexity index is 259. The molecule has 0 aromatic rings. The van der Waals surface area contributed by atoms with E-state index in [-0.39, 0.29) is 0 Å². The lowest BCUT2D eigenvalue weighted by atomic mass is 9.76. The number of piperidine rings is 1. The van der Waals surface area contributed by atoms with E-state index in [2.05, 4.69) is 11.8 Å². The standard InChI is InChI=1S/C16H32N2O/c1-2-4-13-6-7-16(17)15(9-13)11-18-8-3-5-14(10-18)12-19/h13-16,19H,2-12,17H2,1H3. The number of nitrogens with two attached hydrogens (primary N) is 1. The van der Waals surface area contributed by atoms with E-state index in [1.165, 1.54) is 51.5 Å².